The summed E-state index contributed by atoms with van der Waals surface area (Å²) in [4.78, 5) is 8.64. The number of nitrogens with two attached hydrogens (primary N) is 1. The third kappa shape index (κ3) is 2.68. The third-order valence-corrected chi connectivity index (χ3v) is 4.46. The monoisotopic (exact) mass is 378 g/mol. The Morgan fingerprint density at radius 2 is 1.88 bits per heavy atom. The van der Waals surface area contributed by atoms with Crippen LogP contribution in [0.25, 0.3) is 22.6 Å². The van der Waals surface area contributed by atoms with Crippen molar-refractivity contribution in [3.05, 3.63) is 29.3 Å². The second kappa shape index (κ2) is 6.41. The molecule has 10 nitrogen and oxygen atoms in total. The molecule has 4 atom stereocenters. The Hall–Kier alpha value is -2.37. The Morgan fingerprint density at radius 3 is 2.54 bits per heavy atom. The maximum Gasteiger partial charge on any atom is 0.187 e. The smallest absolute Gasteiger partial charge is 0.187 e. The minimum Gasteiger partial charge on any atom is -0.394 e. The molecular weight excluding hydrogens is 364 g/mol. The van der Waals surface area contributed by atoms with Gasteiger partial charge in [0.1, 0.15) is 18.3 Å². The molecule has 26 heavy (non-hydrogen) atoms. The van der Waals surface area contributed by atoms with Gasteiger partial charge in [-0.3, -0.25) is 0 Å². The van der Waals surface area contributed by atoms with Crippen LogP contribution in [0.15, 0.2) is 24.3 Å². The Kier molecular flexibility index (Phi) is 4.21. The van der Waals surface area contributed by atoms with Crippen LogP contribution in [0.1, 0.15) is 6.23 Å². The van der Waals surface area contributed by atoms with Crippen LogP contribution in [-0.2, 0) is 4.74 Å². The zero-order valence-electron chi connectivity index (χ0n) is 13.3. The van der Waals surface area contributed by atoms with Gasteiger partial charge in [0.05, 0.1) is 6.61 Å². The van der Waals surface area contributed by atoms with Gasteiger partial charge in [-0.15, -0.1) is 5.10 Å². The third-order valence-electron chi connectivity index (χ3n) is 4.21. The zero-order chi connectivity index (χ0) is 18.4. The molecule has 0 unspecified atom stereocenters. The van der Waals surface area contributed by atoms with Crippen LogP contribution in [-0.4, -0.2) is 65.2 Å². The minimum atomic E-state index is -1.31. The van der Waals surface area contributed by atoms with E-state index < -0.39 is 31.1 Å². The van der Waals surface area contributed by atoms with E-state index in [1.807, 2.05) is 0 Å². The second-order valence-corrected chi connectivity index (χ2v) is 6.31. The van der Waals surface area contributed by atoms with Gasteiger partial charge in [-0.2, -0.15) is 4.68 Å². The molecule has 0 spiro atoms. The second-order valence-electron chi connectivity index (χ2n) is 5.87. The Morgan fingerprint density at radius 1 is 1.15 bits per heavy atom. The van der Waals surface area contributed by atoms with Gasteiger partial charge in [0.2, 0.25) is 0 Å². The van der Waals surface area contributed by atoms with Crippen molar-refractivity contribution in [2.75, 3.05) is 12.3 Å². The normalized spacial score (nSPS) is 25.8. The van der Waals surface area contributed by atoms with Crippen molar-refractivity contribution in [2.24, 2.45) is 0 Å². The van der Waals surface area contributed by atoms with Gasteiger partial charge >= 0.3 is 0 Å². The van der Waals surface area contributed by atoms with Gasteiger partial charge in [-0.1, -0.05) is 16.8 Å². The largest absolute Gasteiger partial charge is 0.394 e. The van der Waals surface area contributed by atoms with Crippen molar-refractivity contribution in [3.8, 4) is 11.4 Å². The van der Waals surface area contributed by atoms with E-state index in [2.05, 4.69) is 20.3 Å². The predicted octanol–water partition coefficient (Wildman–Crippen LogP) is -0.265. The van der Waals surface area contributed by atoms with E-state index in [9.17, 15) is 15.3 Å². The van der Waals surface area contributed by atoms with Crippen LogP contribution in [0, 0.1) is 0 Å². The summed E-state index contributed by atoms with van der Waals surface area (Å²) in [6, 6.07) is 6.87. The fourth-order valence-electron chi connectivity index (χ4n) is 2.83. The maximum atomic E-state index is 10.2. The molecule has 0 saturated carbocycles. The number of rotatable bonds is 3. The lowest BCUT2D eigenvalue weighted by Gasteiger charge is -2.14. The number of hydrogen-bond acceptors (Lipinski definition) is 9. The van der Waals surface area contributed by atoms with Crippen molar-refractivity contribution < 1.29 is 20.1 Å². The molecule has 0 bridgehead atoms. The lowest BCUT2D eigenvalue weighted by atomic mass is 10.1. The molecule has 0 radical (unpaired) electrons. The fourth-order valence-corrected chi connectivity index (χ4v) is 2.96. The molecule has 136 valence electrons. The number of halogens is 1. The van der Waals surface area contributed by atoms with Crippen LogP contribution >= 0.6 is 11.6 Å². The highest BCUT2D eigenvalue weighted by Gasteiger charge is 2.44. The molecule has 1 aliphatic heterocycles. The molecule has 3 heterocycles. The lowest BCUT2D eigenvalue weighted by molar-refractivity contribution is -0.0574. The number of nitrogen functional groups attached to an aromatic ring is 1. The van der Waals surface area contributed by atoms with Crippen molar-refractivity contribution in [1.29, 1.82) is 0 Å². The van der Waals surface area contributed by atoms with Crippen molar-refractivity contribution in [1.82, 2.24) is 25.0 Å². The molecule has 1 fully saturated rings. The first-order chi connectivity index (χ1) is 12.5. The number of aliphatic hydroxyl groups is 3. The van der Waals surface area contributed by atoms with E-state index in [1.54, 1.807) is 24.3 Å². The molecule has 1 aliphatic rings. The van der Waals surface area contributed by atoms with Gasteiger partial charge in [-0.05, 0) is 24.3 Å². The van der Waals surface area contributed by atoms with Crippen LogP contribution in [0.4, 0.5) is 5.82 Å². The number of anilines is 1. The lowest BCUT2D eigenvalue weighted by Crippen LogP contribution is -2.33. The molecular formula is C15H15ClN6O4. The van der Waals surface area contributed by atoms with E-state index in [0.29, 0.717) is 16.4 Å². The molecule has 3 aromatic rings. The quantitative estimate of drug-likeness (QED) is 0.482. The van der Waals surface area contributed by atoms with Gasteiger partial charge in [-0.25, -0.2) is 9.97 Å². The van der Waals surface area contributed by atoms with Gasteiger partial charge in [0.25, 0.3) is 0 Å². The van der Waals surface area contributed by atoms with Crippen molar-refractivity contribution in [3.63, 3.8) is 0 Å². The van der Waals surface area contributed by atoms with Crippen LogP contribution in [0.5, 0.6) is 0 Å². The topological polar surface area (TPSA) is 152 Å². The standard InChI is InChI=1S/C15H15ClN6O4/c16-7-3-1-6(2-4-7)13-18-12(17)9-14(19-13)22(21-20-9)15-11(25)10(24)8(5-23)26-15/h1-4,8,10-11,15,23-25H,5H2,(H2,17,18,19)/t8-,10-,11-,15-/m1/s1. The van der Waals surface area contributed by atoms with E-state index in [0.717, 1.165) is 0 Å². The molecule has 1 aromatic carbocycles. The summed E-state index contributed by atoms with van der Waals surface area (Å²) in [6.45, 7) is -0.450. The minimum absolute atomic E-state index is 0.109. The maximum absolute atomic E-state index is 10.2. The summed E-state index contributed by atoms with van der Waals surface area (Å²) in [5.41, 5.74) is 7.11. The number of aliphatic hydroxyl groups excluding tert-OH is 3. The van der Waals surface area contributed by atoms with Crippen molar-refractivity contribution in [2.45, 2.75) is 24.5 Å². The summed E-state index contributed by atoms with van der Waals surface area (Å²) in [5, 5.41) is 37.8. The highest BCUT2D eigenvalue weighted by Crippen LogP contribution is 2.31. The van der Waals surface area contributed by atoms with E-state index in [4.69, 9.17) is 22.1 Å². The summed E-state index contributed by atoms with van der Waals surface area (Å²) >= 11 is 5.90. The number of ether oxygens (including phenoxy) is 1. The summed E-state index contributed by atoms with van der Waals surface area (Å²) in [7, 11) is 0. The number of hydrogen-bond donors (Lipinski definition) is 4. The Labute approximate surface area is 151 Å². The van der Waals surface area contributed by atoms with Crippen LogP contribution < -0.4 is 5.73 Å². The van der Waals surface area contributed by atoms with E-state index in [1.165, 1.54) is 4.68 Å². The molecule has 0 aliphatic carbocycles. The molecule has 4 rings (SSSR count). The first kappa shape index (κ1) is 17.1. The molecule has 5 N–H and O–H groups in total. The number of fused-ring (bicyclic) bond motifs is 1. The number of nitrogens with zero attached hydrogens (tertiary/aromatic N) is 5. The summed E-state index contributed by atoms with van der Waals surface area (Å²) in [6.07, 6.45) is -4.59. The van der Waals surface area contributed by atoms with Crippen LogP contribution in [0.2, 0.25) is 5.02 Å². The van der Waals surface area contributed by atoms with E-state index >= 15 is 0 Å². The van der Waals surface area contributed by atoms with Gasteiger partial charge < -0.3 is 25.8 Å². The Bertz CT molecular complexity index is 949. The highest BCUT2D eigenvalue weighted by atomic mass is 35.5. The average molecular weight is 379 g/mol. The summed E-state index contributed by atoms with van der Waals surface area (Å²) in [5.74, 6) is 0.430. The average Bonchev–Trinajstić information content (AvgIpc) is 3.18. The van der Waals surface area contributed by atoms with Gasteiger partial charge in [0.15, 0.2) is 29.0 Å². The zero-order valence-corrected chi connectivity index (χ0v) is 14.0. The van der Waals surface area contributed by atoms with Crippen molar-refractivity contribution >= 4 is 28.6 Å². The first-order valence-electron chi connectivity index (χ1n) is 7.76. The molecule has 2 aromatic heterocycles. The van der Waals surface area contributed by atoms with E-state index in [-0.39, 0.29) is 17.0 Å². The highest BCUT2D eigenvalue weighted by molar-refractivity contribution is 6.30. The fraction of sp³-hybridized carbons (Fsp3) is 0.333. The molecule has 1 saturated heterocycles. The molecule has 0 amide bonds. The number of benzene rings is 1. The molecule has 11 heteroatoms. The number of aromatic nitrogens is 5. The van der Waals surface area contributed by atoms with Gasteiger partial charge in [0, 0.05) is 10.6 Å². The predicted molar refractivity (Wildman–Crippen MR) is 91.0 cm³/mol. The summed E-state index contributed by atoms with van der Waals surface area (Å²) < 4.78 is 6.70. The van der Waals surface area contributed by atoms with Crippen LogP contribution in [0.3, 0.4) is 0 Å². The first-order valence-corrected chi connectivity index (χ1v) is 8.14. The SMILES string of the molecule is Nc1nc(-c2ccc(Cl)cc2)nc2c1nnn2[C@@H]1O[C@H](CO)[C@@H](O)[C@H]1O. The Balaban J connectivity index is 1.81.